The Labute approximate surface area is 197 Å². The highest BCUT2D eigenvalue weighted by Gasteiger charge is 2.21. The fourth-order valence-electron chi connectivity index (χ4n) is 3.08. The van der Waals surface area contributed by atoms with E-state index < -0.39 is 0 Å². The van der Waals surface area contributed by atoms with Gasteiger partial charge in [-0.05, 0) is 69.1 Å². The zero-order chi connectivity index (χ0) is 22.4. The van der Waals surface area contributed by atoms with Crippen LogP contribution in [0.4, 0.5) is 5.13 Å². The van der Waals surface area contributed by atoms with E-state index in [-0.39, 0.29) is 5.91 Å². The molecular formula is C23H28ClN3O2S2. The van der Waals surface area contributed by atoms with Crippen LogP contribution >= 0.6 is 34.7 Å². The van der Waals surface area contributed by atoms with Crippen molar-refractivity contribution in [3.05, 3.63) is 47.0 Å². The number of halogens is 1. The lowest BCUT2D eigenvalue weighted by Crippen LogP contribution is -2.36. The van der Waals surface area contributed by atoms with Gasteiger partial charge in [-0.3, -0.25) is 9.69 Å². The van der Waals surface area contributed by atoms with Crippen LogP contribution in [0.1, 0.15) is 18.4 Å². The number of ether oxygens (including phenoxy) is 1. The van der Waals surface area contributed by atoms with Gasteiger partial charge in [-0.25, -0.2) is 4.98 Å². The maximum absolute atomic E-state index is 13.1. The molecule has 0 fully saturated rings. The summed E-state index contributed by atoms with van der Waals surface area (Å²) in [4.78, 5) is 23.0. The van der Waals surface area contributed by atoms with Crippen molar-refractivity contribution in [2.45, 2.75) is 24.7 Å². The van der Waals surface area contributed by atoms with Crippen LogP contribution in [0.5, 0.6) is 5.75 Å². The summed E-state index contributed by atoms with van der Waals surface area (Å²) in [5, 5.41) is 1.47. The van der Waals surface area contributed by atoms with Crippen molar-refractivity contribution < 1.29 is 9.53 Å². The summed E-state index contributed by atoms with van der Waals surface area (Å²) in [6.07, 6.45) is 1.29. The molecule has 0 aliphatic carbocycles. The number of anilines is 1. The largest absolute Gasteiger partial charge is 0.494 e. The van der Waals surface area contributed by atoms with Crippen LogP contribution in [0.2, 0.25) is 5.02 Å². The van der Waals surface area contributed by atoms with E-state index in [1.165, 1.54) is 0 Å². The molecule has 0 saturated carbocycles. The Hall–Kier alpha value is -1.80. The van der Waals surface area contributed by atoms with Gasteiger partial charge in [0.15, 0.2) is 5.13 Å². The van der Waals surface area contributed by atoms with Gasteiger partial charge in [-0.1, -0.05) is 29.0 Å². The van der Waals surface area contributed by atoms with Gasteiger partial charge < -0.3 is 9.64 Å². The lowest BCUT2D eigenvalue weighted by atomic mass is 10.2. The van der Waals surface area contributed by atoms with E-state index in [9.17, 15) is 4.79 Å². The van der Waals surface area contributed by atoms with Crippen molar-refractivity contribution in [2.24, 2.45) is 0 Å². The first-order valence-electron chi connectivity index (χ1n) is 10.2. The predicted octanol–water partition coefficient (Wildman–Crippen LogP) is 5.73. The topological polar surface area (TPSA) is 45.7 Å². The molecule has 0 saturated heterocycles. The minimum Gasteiger partial charge on any atom is -0.494 e. The number of fused-ring (bicyclic) bond motifs is 1. The smallest absolute Gasteiger partial charge is 0.228 e. The number of rotatable bonds is 10. The molecule has 2 aromatic carbocycles. The van der Waals surface area contributed by atoms with Gasteiger partial charge in [0.1, 0.15) is 11.3 Å². The standard InChI is InChI=1S/C23H28ClN3O2S2/c1-16-7-12-19(29-4)21-22(16)31-23(25-21)27(14-13-26(2)3)20(28)6-5-15-30-18-10-8-17(24)9-11-18/h7-12H,5-6,13-15H2,1-4H3. The Morgan fingerprint density at radius 3 is 2.58 bits per heavy atom. The third-order valence-electron chi connectivity index (χ3n) is 4.83. The number of hydrogen-bond donors (Lipinski definition) is 0. The second-order valence-corrected chi connectivity index (χ2v) is 10.1. The number of aryl methyl sites for hydroxylation is 1. The van der Waals surface area contributed by atoms with E-state index in [0.29, 0.717) is 13.0 Å². The molecule has 1 amide bonds. The molecule has 0 bridgehead atoms. The van der Waals surface area contributed by atoms with Crippen LogP contribution in [0.15, 0.2) is 41.3 Å². The second-order valence-electron chi connectivity index (χ2n) is 7.51. The van der Waals surface area contributed by atoms with Gasteiger partial charge in [-0.15, -0.1) is 11.8 Å². The lowest BCUT2D eigenvalue weighted by Gasteiger charge is -2.22. The normalized spacial score (nSPS) is 11.3. The Morgan fingerprint density at radius 1 is 1.16 bits per heavy atom. The van der Waals surface area contributed by atoms with E-state index in [1.54, 1.807) is 30.2 Å². The number of carbonyl (C=O) groups excluding carboxylic acids is 1. The zero-order valence-corrected chi connectivity index (χ0v) is 20.7. The zero-order valence-electron chi connectivity index (χ0n) is 18.4. The van der Waals surface area contributed by atoms with Crippen LogP contribution in [0, 0.1) is 6.92 Å². The summed E-state index contributed by atoms with van der Waals surface area (Å²) in [5.74, 6) is 1.72. The third-order valence-corrected chi connectivity index (χ3v) is 7.40. The fourth-order valence-corrected chi connectivity index (χ4v) is 5.16. The number of carbonyl (C=O) groups is 1. The molecule has 0 unspecified atom stereocenters. The molecule has 166 valence electrons. The van der Waals surface area contributed by atoms with Crippen molar-refractivity contribution in [1.82, 2.24) is 9.88 Å². The van der Waals surface area contributed by atoms with Gasteiger partial charge in [0.2, 0.25) is 5.91 Å². The van der Waals surface area contributed by atoms with E-state index in [4.69, 9.17) is 21.3 Å². The van der Waals surface area contributed by atoms with E-state index in [0.717, 1.165) is 55.3 Å². The summed E-state index contributed by atoms with van der Waals surface area (Å²) < 4.78 is 6.55. The van der Waals surface area contributed by atoms with Crippen LogP contribution < -0.4 is 9.64 Å². The van der Waals surface area contributed by atoms with Crippen LogP contribution in [0.3, 0.4) is 0 Å². The molecule has 0 atom stereocenters. The molecule has 1 heterocycles. The predicted molar refractivity (Wildman–Crippen MR) is 133 cm³/mol. The highest BCUT2D eigenvalue weighted by atomic mass is 35.5. The number of thiazole rings is 1. The Bertz CT molecular complexity index is 1020. The summed E-state index contributed by atoms with van der Waals surface area (Å²) in [6, 6.07) is 11.8. The van der Waals surface area contributed by atoms with Gasteiger partial charge in [0, 0.05) is 29.4 Å². The number of thioether (sulfide) groups is 1. The van der Waals surface area contributed by atoms with Crippen molar-refractivity contribution in [1.29, 1.82) is 0 Å². The molecule has 3 aromatic rings. The molecule has 3 rings (SSSR count). The van der Waals surface area contributed by atoms with Gasteiger partial charge in [0.05, 0.1) is 11.8 Å². The molecule has 0 N–H and O–H groups in total. The van der Waals surface area contributed by atoms with Crippen molar-refractivity contribution >= 4 is 56.0 Å². The first kappa shape index (κ1) is 23.9. The molecule has 0 aliphatic rings. The molecular weight excluding hydrogens is 450 g/mol. The first-order chi connectivity index (χ1) is 14.9. The quantitative estimate of drug-likeness (QED) is 0.275. The van der Waals surface area contributed by atoms with Crippen molar-refractivity contribution in [3.63, 3.8) is 0 Å². The number of aromatic nitrogens is 1. The fraction of sp³-hybridized carbons (Fsp3) is 0.391. The maximum atomic E-state index is 13.1. The summed E-state index contributed by atoms with van der Waals surface area (Å²) in [5.41, 5.74) is 1.96. The lowest BCUT2D eigenvalue weighted by molar-refractivity contribution is -0.118. The van der Waals surface area contributed by atoms with Crippen LogP contribution in [-0.2, 0) is 4.79 Å². The first-order valence-corrected chi connectivity index (χ1v) is 12.3. The van der Waals surface area contributed by atoms with Crippen molar-refractivity contribution in [2.75, 3.05) is 44.9 Å². The van der Waals surface area contributed by atoms with Crippen molar-refractivity contribution in [3.8, 4) is 5.75 Å². The number of hydrogen-bond acceptors (Lipinski definition) is 6. The van der Waals surface area contributed by atoms with Crippen LogP contribution in [-0.4, -0.2) is 55.8 Å². The highest BCUT2D eigenvalue weighted by molar-refractivity contribution is 7.99. The maximum Gasteiger partial charge on any atom is 0.228 e. The number of nitrogens with zero attached hydrogens (tertiary/aromatic N) is 3. The molecule has 0 spiro atoms. The number of benzene rings is 2. The van der Waals surface area contributed by atoms with Gasteiger partial charge >= 0.3 is 0 Å². The second kappa shape index (κ2) is 11.2. The number of amides is 1. The molecule has 0 radical (unpaired) electrons. The number of methoxy groups -OCH3 is 1. The average Bonchev–Trinajstić information content (AvgIpc) is 3.19. The van der Waals surface area contributed by atoms with Crippen LogP contribution in [0.25, 0.3) is 10.2 Å². The van der Waals surface area contributed by atoms with Gasteiger partial charge in [0.25, 0.3) is 0 Å². The summed E-state index contributed by atoms with van der Waals surface area (Å²) >= 11 is 9.24. The average molecular weight is 478 g/mol. The number of likely N-dealkylation sites (N-methyl/N-ethyl adjacent to an activating group) is 1. The Morgan fingerprint density at radius 2 is 1.90 bits per heavy atom. The molecule has 0 aliphatic heterocycles. The van der Waals surface area contributed by atoms with E-state index >= 15 is 0 Å². The summed E-state index contributed by atoms with van der Waals surface area (Å²) in [7, 11) is 5.67. The third kappa shape index (κ3) is 6.35. The van der Waals surface area contributed by atoms with E-state index in [1.807, 2.05) is 55.4 Å². The highest BCUT2D eigenvalue weighted by Crippen LogP contribution is 2.36. The Balaban J connectivity index is 1.71. The minimum absolute atomic E-state index is 0.106. The minimum atomic E-state index is 0.106. The molecule has 31 heavy (non-hydrogen) atoms. The monoisotopic (exact) mass is 477 g/mol. The molecule has 8 heteroatoms. The Kier molecular flexibility index (Phi) is 8.60. The SMILES string of the molecule is COc1ccc(C)c2sc(N(CCN(C)C)C(=O)CCCSc3ccc(Cl)cc3)nc12. The van der Waals surface area contributed by atoms with Gasteiger partial charge in [-0.2, -0.15) is 0 Å². The van der Waals surface area contributed by atoms with E-state index in [2.05, 4.69) is 11.8 Å². The summed E-state index contributed by atoms with van der Waals surface area (Å²) in [6.45, 7) is 3.44. The molecule has 5 nitrogen and oxygen atoms in total. The molecule has 1 aromatic heterocycles.